The van der Waals surface area contributed by atoms with Crippen LogP contribution in [0.15, 0.2) is 66.5 Å². The van der Waals surface area contributed by atoms with Crippen molar-refractivity contribution in [3.05, 3.63) is 88.8 Å². The van der Waals surface area contributed by atoms with E-state index in [0.29, 0.717) is 29.0 Å². The number of ketones is 1. The number of Topliss-reactive ketones (excluding diaryl/α,β-unsaturated/α-hetero) is 1. The van der Waals surface area contributed by atoms with Crippen LogP contribution in [0.4, 0.5) is 0 Å². The molecule has 0 aliphatic carbocycles. The molecule has 0 bridgehead atoms. The van der Waals surface area contributed by atoms with Crippen LogP contribution < -0.4 is 14.2 Å². The van der Waals surface area contributed by atoms with Crippen LogP contribution in [0.1, 0.15) is 35.2 Å². The lowest BCUT2D eigenvalue weighted by Gasteiger charge is -2.26. The summed E-state index contributed by atoms with van der Waals surface area (Å²) in [7, 11) is 3.05. The van der Waals surface area contributed by atoms with E-state index in [0.717, 1.165) is 16.9 Å². The average molecular weight is 487 g/mol. The van der Waals surface area contributed by atoms with Gasteiger partial charge in [0.1, 0.15) is 17.6 Å². The van der Waals surface area contributed by atoms with E-state index in [1.165, 1.54) is 19.1 Å². The van der Waals surface area contributed by atoms with Crippen LogP contribution in [-0.4, -0.2) is 47.0 Å². The number of hydrogen-bond acceptors (Lipinski definition) is 7. The highest BCUT2D eigenvalue weighted by Gasteiger charge is 2.46. The van der Waals surface area contributed by atoms with Crippen LogP contribution in [0.5, 0.6) is 17.2 Å². The Labute approximate surface area is 208 Å². The Kier molecular flexibility index (Phi) is 6.10. The number of benzene rings is 2. The fourth-order valence-electron chi connectivity index (χ4n) is 4.83. The number of nitrogens with zero attached hydrogens (tertiary/aromatic N) is 2. The first-order valence-corrected chi connectivity index (χ1v) is 11.6. The highest BCUT2D eigenvalue weighted by atomic mass is 16.5. The van der Waals surface area contributed by atoms with E-state index < -0.39 is 17.7 Å². The molecule has 3 heterocycles. The van der Waals surface area contributed by atoms with Crippen molar-refractivity contribution < 1.29 is 28.9 Å². The van der Waals surface area contributed by atoms with Crippen molar-refractivity contribution >= 4 is 17.4 Å². The van der Waals surface area contributed by atoms with Gasteiger partial charge in [0.05, 0.1) is 25.8 Å². The Hall–Kier alpha value is -4.33. The minimum absolute atomic E-state index is 0.0167. The molecule has 0 saturated carbocycles. The molecule has 1 saturated heterocycles. The number of aliphatic hydroxyl groups is 1. The Balaban J connectivity index is 1.65. The highest BCUT2D eigenvalue weighted by molar-refractivity contribution is 6.46. The number of amides is 1. The van der Waals surface area contributed by atoms with Gasteiger partial charge < -0.3 is 24.2 Å². The Bertz CT molecular complexity index is 1370. The number of likely N-dealkylation sites (tertiary alicyclic amines) is 1. The third-order valence-electron chi connectivity index (χ3n) is 6.51. The number of ether oxygens (including phenoxy) is 3. The lowest BCUT2D eigenvalue weighted by Crippen LogP contribution is -2.29. The molecule has 1 amide bonds. The van der Waals surface area contributed by atoms with Gasteiger partial charge in [-0.05, 0) is 60.0 Å². The van der Waals surface area contributed by atoms with Crippen LogP contribution in [0, 0.1) is 0 Å². The molecule has 2 aliphatic heterocycles. The van der Waals surface area contributed by atoms with Crippen molar-refractivity contribution in [2.75, 3.05) is 14.2 Å². The monoisotopic (exact) mass is 486 g/mol. The molecule has 3 aromatic rings. The molecule has 2 atom stereocenters. The Morgan fingerprint density at radius 3 is 2.64 bits per heavy atom. The molecule has 1 N–H and O–H groups in total. The van der Waals surface area contributed by atoms with Crippen molar-refractivity contribution in [1.29, 1.82) is 0 Å². The molecule has 36 heavy (non-hydrogen) atoms. The van der Waals surface area contributed by atoms with E-state index in [-0.39, 0.29) is 24.0 Å². The normalized spacial score (nSPS) is 20.2. The summed E-state index contributed by atoms with van der Waals surface area (Å²) in [4.78, 5) is 32.2. The molecule has 0 radical (unpaired) electrons. The van der Waals surface area contributed by atoms with Crippen molar-refractivity contribution in [3.8, 4) is 17.2 Å². The van der Waals surface area contributed by atoms with Crippen molar-refractivity contribution in [2.45, 2.75) is 32.0 Å². The van der Waals surface area contributed by atoms with E-state index in [1.807, 2.05) is 19.1 Å². The summed E-state index contributed by atoms with van der Waals surface area (Å²) >= 11 is 0. The molecular formula is C28H26N2O6. The minimum atomic E-state index is -0.839. The van der Waals surface area contributed by atoms with Crippen molar-refractivity contribution in [1.82, 2.24) is 9.88 Å². The number of hydrogen-bond donors (Lipinski definition) is 1. The third kappa shape index (κ3) is 4.04. The number of carbonyl (C=O) groups is 2. The highest BCUT2D eigenvalue weighted by Crippen LogP contribution is 2.43. The predicted molar refractivity (Wildman–Crippen MR) is 132 cm³/mol. The van der Waals surface area contributed by atoms with Crippen LogP contribution in [0.3, 0.4) is 0 Å². The largest absolute Gasteiger partial charge is 0.507 e. The smallest absolute Gasteiger partial charge is 0.295 e. The maximum atomic E-state index is 13.4. The average Bonchev–Trinajstić information content (AvgIpc) is 3.39. The molecule has 8 nitrogen and oxygen atoms in total. The zero-order valence-electron chi connectivity index (χ0n) is 20.2. The van der Waals surface area contributed by atoms with Gasteiger partial charge >= 0.3 is 0 Å². The van der Waals surface area contributed by atoms with Crippen LogP contribution in [0.2, 0.25) is 0 Å². The summed E-state index contributed by atoms with van der Waals surface area (Å²) < 4.78 is 16.6. The molecule has 0 spiro atoms. The Morgan fingerprint density at radius 1 is 1.11 bits per heavy atom. The lowest BCUT2D eigenvalue weighted by atomic mass is 9.94. The van der Waals surface area contributed by atoms with Crippen LogP contribution >= 0.6 is 0 Å². The summed E-state index contributed by atoms with van der Waals surface area (Å²) in [5.74, 6) is 0.0418. The van der Waals surface area contributed by atoms with E-state index in [2.05, 4.69) is 4.98 Å². The number of aliphatic hydroxyl groups excluding tert-OH is 1. The minimum Gasteiger partial charge on any atom is -0.507 e. The quantitative estimate of drug-likeness (QED) is 0.319. The first kappa shape index (κ1) is 23.4. The van der Waals surface area contributed by atoms with Gasteiger partial charge in [-0.25, -0.2) is 0 Å². The molecule has 1 fully saturated rings. The number of aromatic nitrogens is 1. The van der Waals surface area contributed by atoms with Crippen molar-refractivity contribution in [2.24, 2.45) is 0 Å². The van der Waals surface area contributed by atoms with E-state index >= 15 is 0 Å². The first-order valence-electron chi connectivity index (χ1n) is 11.6. The summed E-state index contributed by atoms with van der Waals surface area (Å²) in [5.41, 5.74) is 2.78. The van der Waals surface area contributed by atoms with Gasteiger partial charge in [0, 0.05) is 30.9 Å². The van der Waals surface area contributed by atoms with Gasteiger partial charge in [0.2, 0.25) is 0 Å². The molecule has 1 aromatic heterocycles. The van der Waals surface area contributed by atoms with Gasteiger partial charge in [-0.1, -0.05) is 12.1 Å². The van der Waals surface area contributed by atoms with Crippen molar-refractivity contribution in [3.63, 3.8) is 0 Å². The molecule has 2 unspecified atom stereocenters. The topological polar surface area (TPSA) is 98.2 Å². The van der Waals surface area contributed by atoms with E-state index in [1.54, 1.807) is 48.8 Å². The molecule has 8 heteroatoms. The fraction of sp³-hybridized carbons (Fsp3) is 0.250. The summed E-state index contributed by atoms with van der Waals surface area (Å²) in [5, 5.41) is 11.4. The van der Waals surface area contributed by atoms with Gasteiger partial charge in [0.25, 0.3) is 11.7 Å². The lowest BCUT2D eigenvalue weighted by molar-refractivity contribution is -0.140. The summed E-state index contributed by atoms with van der Waals surface area (Å²) in [6.07, 6.45) is 4.02. The fourth-order valence-corrected chi connectivity index (χ4v) is 4.83. The maximum Gasteiger partial charge on any atom is 0.295 e. The SMILES string of the molecule is COc1ccc(C2/C(=C(\O)c3ccc4c(c3)CC(C)O4)C(=O)C(=O)N2Cc2cccnc2)cc1OC. The number of carbonyl (C=O) groups excluding carboxylic acids is 2. The first-order chi connectivity index (χ1) is 17.4. The molecule has 2 aliphatic rings. The van der Waals surface area contributed by atoms with Crippen LogP contribution in [-0.2, 0) is 22.6 Å². The number of fused-ring (bicyclic) bond motifs is 1. The second kappa shape index (κ2) is 9.37. The van der Waals surface area contributed by atoms with E-state index in [4.69, 9.17) is 14.2 Å². The summed E-state index contributed by atoms with van der Waals surface area (Å²) in [6, 6.07) is 13.3. The maximum absolute atomic E-state index is 13.4. The number of pyridine rings is 1. The van der Waals surface area contributed by atoms with Crippen LogP contribution in [0.25, 0.3) is 5.76 Å². The number of rotatable bonds is 6. The molecule has 184 valence electrons. The zero-order valence-corrected chi connectivity index (χ0v) is 20.2. The van der Waals surface area contributed by atoms with E-state index in [9.17, 15) is 14.7 Å². The molecular weight excluding hydrogens is 460 g/mol. The Morgan fingerprint density at radius 2 is 1.92 bits per heavy atom. The van der Waals surface area contributed by atoms with Gasteiger partial charge in [-0.3, -0.25) is 14.6 Å². The standard InChI is InChI=1S/C28H26N2O6/c1-16-11-20-12-19(7-8-21(20)36-16)26(31)24-25(18-6-9-22(34-2)23(13-18)35-3)30(28(33)27(24)32)15-17-5-4-10-29-14-17/h4-10,12-14,16,25,31H,11,15H2,1-3H3/b26-24+. The second-order valence-electron chi connectivity index (χ2n) is 8.86. The molecule has 2 aromatic carbocycles. The second-order valence-corrected chi connectivity index (χ2v) is 8.86. The van der Waals surface area contributed by atoms with Gasteiger partial charge in [0.15, 0.2) is 11.5 Å². The molecule has 5 rings (SSSR count). The third-order valence-corrected chi connectivity index (χ3v) is 6.51. The van der Waals surface area contributed by atoms with Gasteiger partial charge in [-0.2, -0.15) is 0 Å². The predicted octanol–water partition coefficient (Wildman–Crippen LogP) is 4.04. The number of methoxy groups -OCH3 is 2. The van der Waals surface area contributed by atoms with Gasteiger partial charge in [-0.15, -0.1) is 0 Å². The zero-order chi connectivity index (χ0) is 25.4. The summed E-state index contributed by atoms with van der Waals surface area (Å²) in [6.45, 7) is 2.12.